The van der Waals surface area contributed by atoms with Crippen molar-refractivity contribution in [3.05, 3.63) is 65.5 Å². The lowest BCUT2D eigenvalue weighted by Crippen LogP contribution is -2.28. The van der Waals surface area contributed by atoms with Crippen molar-refractivity contribution >= 4 is 17.6 Å². The van der Waals surface area contributed by atoms with E-state index in [1.165, 1.54) is 27.1 Å². The number of allylic oxidation sites excluding steroid dienone is 2. The Morgan fingerprint density at radius 2 is 1.70 bits per heavy atom. The molecular formula is C21H24N2O4. The second-order valence-corrected chi connectivity index (χ2v) is 6.43. The van der Waals surface area contributed by atoms with Gasteiger partial charge in [-0.1, -0.05) is 24.3 Å². The summed E-state index contributed by atoms with van der Waals surface area (Å²) in [6.07, 6.45) is 9.23. The average Bonchev–Trinajstić information content (AvgIpc) is 3.11. The third-order valence-corrected chi connectivity index (χ3v) is 4.73. The van der Waals surface area contributed by atoms with Gasteiger partial charge in [-0.2, -0.15) is 0 Å². The summed E-state index contributed by atoms with van der Waals surface area (Å²) < 4.78 is 9.84. The molecule has 0 atom stereocenters. The second kappa shape index (κ2) is 8.68. The quantitative estimate of drug-likeness (QED) is 0.745. The van der Waals surface area contributed by atoms with E-state index >= 15 is 0 Å². The molecule has 142 valence electrons. The second-order valence-electron chi connectivity index (χ2n) is 6.43. The van der Waals surface area contributed by atoms with Gasteiger partial charge < -0.3 is 14.4 Å². The first-order chi connectivity index (χ1) is 13.2. The SMILES string of the molecule is COC(=O)C1=C(C(=O)OC)N(c2ccccc2CN2CCCC2)C=CC=C1. The highest BCUT2D eigenvalue weighted by Gasteiger charge is 2.28. The van der Waals surface area contributed by atoms with Crippen molar-refractivity contribution < 1.29 is 19.1 Å². The summed E-state index contributed by atoms with van der Waals surface area (Å²) in [7, 11) is 2.60. The number of anilines is 1. The lowest BCUT2D eigenvalue weighted by molar-refractivity contribution is -0.139. The van der Waals surface area contributed by atoms with Gasteiger partial charge in [0.2, 0.25) is 0 Å². The molecule has 0 amide bonds. The average molecular weight is 368 g/mol. The molecule has 0 bridgehead atoms. The van der Waals surface area contributed by atoms with Crippen molar-refractivity contribution in [1.82, 2.24) is 4.90 Å². The molecule has 0 aliphatic carbocycles. The third kappa shape index (κ3) is 4.11. The molecule has 0 radical (unpaired) electrons. The van der Waals surface area contributed by atoms with E-state index in [0.29, 0.717) is 0 Å². The van der Waals surface area contributed by atoms with Crippen molar-refractivity contribution in [2.45, 2.75) is 19.4 Å². The van der Waals surface area contributed by atoms with Gasteiger partial charge in [-0.05, 0) is 49.7 Å². The van der Waals surface area contributed by atoms with Gasteiger partial charge in [-0.15, -0.1) is 0 Å². The van der Waals surface area contributed by atoms with E-state index < -0.39 is 11.9 Å². The van der Waals surface area contributed by atoms with Crippen molar-refractivity contribution in [1.29, 1.82) is 0 Å². The first-order valence-electron chi connectivity index (χ1n) is 9.01. The van der Waals surface area contributed by atoms with Crippen LogP contribution in [0.25, 0.3) is 0 Å². The first kappa shape index (κ1) is 18.9. The fourth-order valence-corrected chi connectivity index (χ4v) is 3.41. The van der Waals surface area contributed by atoms with Crippen molar-refractivity contribution in [2.24, 2.45) is 0 Å². The highest BCUT2D eigenvalue weighted by molar-refractivity contribution is 6.05. The van der Waals surface area contributed by atoms with Crippen molar-refractivity contribution in [3.8, 4) is 0 Å². The molecule has 1 aromatic carbocycles. The van der Waals surface area contributed by atoms with Gasteiger partial charge in [0, 0.05) is 12.7 Å². The largest absolute Gasteiger partial charge is 0.465 e. The van der Waals surface area contributed by atoms with Crippen LogP contribution < -0.4 is 4.90 Å². The summed E-state index contributed by atoms with van der Waals surface area (Å²) in [6.45, 7) is 2.92. The topological polar surface area (TPSA) is 59.1 Å². The van der Waals surface area contributed by atoms with Gasteiger partial charge >= 0.3 is 11.9 Å². The minimum Gasteiger partial charge on any atom is -0.465 e. The number of esters is 2. The number of para-hydroxylation sites is 1. The molecule has 2 heterocycles. The summed E-state index contributed by atoms with van der Waals surface area (Å²) in [5.41, 5.74) is 2.22. The van der Waals surface area contributed by atoms with Crippen LogP contribution in [0.3, 0.4) is 0 Å². The van der Waals surface area contributed by atoms with Crippen LogP contribution in [0.4, 0.5) is 5.69 Å². The lowest BCUT2D eigenvalue weighted by Gasteiger charge is -2.27. The molecule has 1 fully saturated rings. The zero-order valence-corrected chi connectivity index (χ0v) is 15.7. The Morgan fingerprint density at radius 3 is 2.41 bits per heavy atom. The van der Waals surface area contributed by atoms with Crippen LogP contribution in [0, 0.1) is 0 Å². The van der Waals surface area contributed by atoms with E-state index in [-0.39, 0.29) is 11.3 Å². The number of nitrogens with zero attached hydrogens (tertiary/aromatic N) is 2. The molecule has 6 heteroatoms. The van der Waals surface area contributed by atoms with Crippen LogP contribution in [0.2, 0.25) is 0 Å². The zero-order valence-electron chi connectivity index (χ0n) is 15.7. The van der Waals surface area contributed by atoms with E-state index in [0.717, 1.165) is 30.9 Å². The van der Waals surface area contributed by atoms with Crippen molar-refractivity contribution in [3.63, 3.8) is 0 Å². The zero-order chi connectivity index (χ0) is 19.2. The molecule has 2 aliphatic heterocycles. The van der Waals surface area contributed by atoms with Crippen LogP contribution in [0.15, 0.2) is 60.0 Å². The lowest BCUT2D eigenvalue weighted by atomic mass is 10.1. The molecule has 27 heavy (non-hydrogen) atoms. The maximum absolute atomic E-state index is 12.6. The highest BCUT2D eigenvalue weighted by Crippen LogP contribution is 2.30. The van der Waals surface area contributed by atoms with Crippen LogP contribution in [0.1, 0.15) is 18.4 Å². The maximum Gasteiger partial charge on any atom is 0.355 e. The maximum atomic E-state index is 12.6. The number of benzene rings is 1. The van der Waals surface area contributed by atoms with Crippen LogP contribution >= 0.6 is 0 Å². The number of rotatable bonds is 5. The number of ether oxygens (including phenoxy) is 2. The van der Waals surface area contributed by atoms with Crippen molar-refractivity contribution in [2.75, 3.05) is 32.2 Å². The Balaban J connectivity index is 2.08. The monoisotopic (exact) mass is 368 g/mol. The fourth-order valence-electron chi connectivity index (χ4n) is 3.41. The molecule has 1 aromatic rings. The molecule has 0 aromatic heterocycles. The molecule has 0 N–H and O–H groups in total. The number of carbonyl (C=O) groups is 2. The van der Waals surface area contributed by atoms with Gasteiger partial charge in [0.15, 0.2) is 0 Å². The fraction of sp³-hybridized carbons (Fsp3) is 0.333. The van der Waals surface area contributed by atoms with E-state index in [1.54, 1.807) is 29.3 Å². The standard InChI is InChI=1S/C21H24N2O4/c1-26-20(24)17-10-5-6-14-23(19(17)21(25)27-2)18-11-4-3-9-16(18)15-22-12-7-8-13-22/h3-6,9-11,14H,7-8,12-13,15H2,1-2H3. The normalized spacial score (nSPS) is 17.2. The Kier molecular flexibility index (Phi) is 6.08. The van der Waals surface area contributed by atoms with E-state index in [2.05, 4.69) is 4.90 Å². The van der Waals surface area contributed by atoms with Gasteiger partial charge in [-0.25, -0.2) is 9.59 Å². The van der Waals surface area contributed by atoms with E-state index in [1.807, 2.05) is 24.3 Å². The summed E-state index contributed by atoms with van der Waals surface area (Å²) in [4.78, 5) is 29.0. The minimum absolute atomic E-state index is 0.142. The summed E-state index contributed by atoms with van der Waals surface area (Å²) >= 11 is 0. The summed E-state index contributed by atoms with van der Waals surface area (Å²) in [6, 6.07) is 7.89. The predicted molar refractivity (Wildman–Crippen MR) is 103 cm³/mol. The van der Waals surface area contributed by atoms with Crippen LogP contribution in [-0.4, -0.2) is 44.1 Å². The number of methoxy groups -OCH3 is 2. The number of hydrogen-bond donors (Lipinski definition) is 0. The summed E-state index contributed by atoms with van der Waals surface area (Å²) in [5.74, 6) is -1.18. The molecule has 0 unspecified atom stereocenters. The van der Waals surface area contributed by atoms with E-state index in [4.69, 9.17) is 9.47 Å². The smallest absolute Gasteiger partial charge is 0.355 e. The molecule has 3 rings (SSSR count). The molecule has 1 saturated heterocycles. The minimum atomic E-state index is -0.595. The van der Waals surface area contributed by atoms with Gasteiger partial charge in [0.1, 0.15) is 5.70 Å². The Labute approximate surface area is 159 Å². The summed E-state index contributed by atoms with van der Waals surface area (Å²) in [5, 5.41) is 0. The molecule has 6 nitrogen and oxygen atoms in total. The van der Waals surface area contributed by atoms with Gasteiger partial charge in [-0.3, -0.25) is 4.90 Å². The Hall–Kier alpha value is -2.86. The number of carbonyl (C=O) groups excluding carboxylic acids is 2. The molecule has 0 spiro atoms. The first-order valence-corrected chi connectivity index (χ1v) is 9.01. The Bertz CT molecular complexity index is 804. The van der Waals surface area contributed by atoms with Gasteiger partial charge in [0.25, 0.3) is 0 Å². The molecular weight excluding hydrogens is 344 g/mol. The number of hydrogen-bond acceptors (Lipinski definition) is 6. The van der Waals surface area contributed by atoms with Crippen LogP contribution in [-0.2, 0) is 25.6 Å². The third-order valence-electron chi connectivity index (χ3n) is 4.73. The number of likely N-dealkylation sites (tertiary alicyclic amines) is 1. The highest BCUT2D eigenvalue weighted by atomic mass is 16.5. The molecule has 0 saturated carbocycles. The van der Waals surface area contributed by atoms with Gasteiger partial charge in [0.05, 0.1) is 25.5 Å². The predicted octanol–water partition coefficient (Wildman–Crippen LogP) is 2.77. The van der Waals surface area contributed by atoms with E-state index in [9.17, 15) is 9.59 Å². The Morgan fingerprint density at radius 1 is 1.00 bits per heavy atom. The molecule has 2 aliphatic rings. The van der Waals surface area contributed by atoms with Crippen LogP contribution in [0.5, 0.6) is 0 Å².